The first-order valence-corrected chi connectivity index (χ1v) is 26.8. The Labute approximate surface area is 427 Å². The molecule has 0 rings (SSSR count). The molecule has 0 heterocycles. The molecule has 0 aliphatic carbocycles. The smallest absolute Gasteiger partial charge is 0.361 e. The summed E-state index contributed by atoms with van der Waals surface area (Å²) in [5, 5.41) is 9.61. The summed E-state index contributed by atoms with van der Waals surface area (Å²) in [6.07, 6.45) is 70.0. The summed E-state index contributed by atoms with van der Waals surface area (Å²) in [5.41, 5.74) is 0. The van der Waals surface area contributed by atoms with Crippen molar-refractivity contribution in [2.45, 2.75) is 187 Å². The van der Waals surface area contributed by atoms with Gasteiger partial charge in [0.25, 0.3) is 6.29 Å². The average molecular weight is 973 g/mol. The lowest BCUT2D eigenvalue weighted by Crippen LogP contribution is -2.40. The Morgan fingerprint density at radius 2 is 0.814 bits per heavy atom. The average Bonchev–Trinajstić information content (AvgIpc) is 3.33. The molecule has 0 saturated heterocycles. The predicted octanol–water partition coefficient (Wildman–Crippen LogP) is 15.5. The van der Waals surface area contributed by atoms with Crippen molar-refractivity contribution in [3.63, 3.8) is 0 Å². The fourth-order valence-corrected chi connectivity index (χ4v) is 6.54. The van der Waals surface area contributed by atoms with E-state index in [0.29, 0.717) is 17.4 Å². The van der Waals surface area contributed by atoms with Crippen molar-refractivity contribution in [1.29, 1.82) is 0 Å². The Bertz CT molecular complexity index is 1600. The first kappa shape index (κ1) is 65.4. The second-order valence-corrected chi connectivity index (χ2v) is 18.5. The highest BCUT2D eigenvalue weighted by atomic mass is 16.7. The van der Waals surface area contributed by atoms with Gasteiger partial charge in [-0.15, -0.1) is 0 Å². The SMILES string of the molecule is CC/C=C\C/C=C\C/C=C\C/C=C\C/C=C\C/C=C\C/C=C\C/C=C\C/C=C\C/C=C\C/C=C\CCCCCCCC(=O)OC(COC(=O)CCCCCCCC)COC(OCC[N+](C)(C)C)C(=O)O. The molecule has 1 N–H and O–H groups in total. The number of rotatable bonds is 47. The summed E-state index contributed by atoms with van der Waals surface area (Å²) in [4.78, 5) is 36.9. The van der Waals surface area contributed by atoms with Gasteiger partial charge in [0.2, 0.25) is 0 Å². The van der Waals surface area contributed by atoms with Gasteiger partial charge in [-0.25, -0.2) is 4.79 Å². The lowest BCUT2D eigenvalue weighted by Gasteiger charge is -2.25. The molecular weight excluding hydrogens is 875 g/mol. The van der Waals surface area contributed by atoms with Crippen molar-refractivity contribution >= 4 is 17.9 Å². The minimum absolute atomic E-state index is 0.177. The molecule has 9 heteroatoms. The van der Waals surface area contributed by atoms with Crippen LogP contribution in [0.1, 0.15) is 174 Å². The molecular formula is C61H98NO8+. The number of aliphatic carboxylic acids is 1. The maximum Gasteiger partial charge on any atom is 0.361 e. The zero-order valence-electron chi connectivity index (χ0n) is 44.6. The molecule has 0 radical (unpaired) electrons. The second kappa shape index (κ2) is 50.8. The summed E-state index contributed by atoms with van der Waals surface area (Å²) in [6, 6.07) is 0. The van der Waals surface area contributed by atoms with Crippen molar-refractivity contribution in [2.24, 2.45) is 0 Å². The van der Waals surface area contributed by atoms with Crippen molar-refractivity contribution in [3.05, 3.63) is 134 Å². The van der Waals surface area contributed by atoms with E-state index in [-0.39, 0.29) is 38.6 Å². The van der Waals surface area contributed by atoms with Crippen molar-refractivity contribution in [2.75, 3.05) is 47.5 Å². The van der Waals surface area contributed by atoms with Crippen LogP contribution in [0.25, 0.3) is 0 Å². The van der Waals surface area contributed by atoms with E-state index in [1.165, 1.54) is 6.42 Å². The van der Waals surface area contributed by atoms with Gasteiger partial charge < -0.3 is 28.5 Å². The number of carbonyl (C=O) groups is 3. The zero-order chi connectivity index (χ0) is 51.3. The van der Waals surface area contributed by atoms with Gasteiger partial charge in [0, 0.05) is 12.8 Å². The molecule has 0 saturated carbocycles. The molecule has 0 aromatic heterocycles. The number of carboxylic acid groups (broad SMARTS) is 1. The highest BCUT2D eigenvalue weighted by Gasteiger charge is 2.25. The van der Waals surface area contributed by atoms with E-state index < -0.39 is 24.3 Å². The fraction of sp³-hybridized carbons (Fsp3) is 0.590. The van der Waals surface area contributed by atoms with Gasteiger partial charge in [0.05, 0.1) is 34.4 Å². The highest BCUT2D eigenvalue weighted by molar-refractivity contribution is 5.71. The third-order valence-electron chi connectivity index (χ3n) is 10.7. The molecule has 0 spiro atoms. The van der Waals surface area contributed by atoms with Crippen LogP contribution in [0.3, 0.4) is 0 Å². The van der Waals surface area contributed by atoms with Gasteiger partial charge >= 0.3 is 17.9 Å². The number of carbonyl (C=O) groups excluding carboxylic acids is 2. The molecule has 0 aliphatic heterocycles. The van der Waals surface area contributed by atoms with E-state index in [0.717, 1.165) is 135 Å². The number of carboxylic acids is 1. The summed E-state index contributed by atoms with van der Waals surface area (Å²) < 4.78 is 22.6. The first-order chi connectivity index (χ1) is 34.1. The Kier molecular flexibility index (Phi) is 47.5. The molecule has 9 nitrogen and oxygen atoms in total. The molecule has 0 aromatic rings. The molecule has 0 aliphatic rings. The van der Waals surface area contributed by atoms with E-state index >= 15 is 0 Å². The van der Waals surface area contributed by atoms with Crippen LogP contribution in [-0.4, -0.2) is 87.4 Å². The minimum atomic E-state index is -1.52. The maximum absolute atomic E-state index is 12.8. The molecule has 2 atom stereocenters. The van der Waals surface area contributed by atoms with Gasteiger partial charge in [-0.2, -0.15) is 0 Å². The zero-order valence-corrected chi connectivity index (χ0v) is 44.6. The standard InChI is InChI=1S/C61H97NO8/c1-6-8-10-12-14-15-16-17-18-19-20-21-22-23-24-25-26-27-28-29-30-31-32-33-34-35-36-37-38-39-40-41-42-43-44-45-46-48-50-52-59(64)70-57(55-68-58(63)51-49-47-13-11-9-7-2)56-69-61(60(65)66)67-54-53-62(3,4)5/h8,10,14-15,17-18,20-21,23-24,26-27,29-30,32-33,35-36,38-39,41-42,57,61H,6-7,9,11-13,16,19,22,25,28,31,34,37,40,43-56H2,1-5H3/p+1/b10-8-,15-14-,18-17-,21-20-,24-23-,27-26-,30-29-,33-32-,36-35-,39-38-,42-41-. The van der Waals surface area contributed by atoms with Gasteiger partial charge in [-0.3, -0.25) is 9.59 Å². The number of hydrogen-bond acceptors (Lipinski definition) is 7. The van der Waals surface area contributed by atoms with E-state index in [1.54, 1.807) is 0 Å². The number of likely N-dealkylation sites (N-methyl/N-ethyl adjacent to an activating group) is 1. The van der Waals surface area contributed by atoms with E-state index in [2.05, 4.69) is 148 Å². The third kappa shape index (κ3) is 51.3. The second-order valence-electron chi connectivity index (χ2n) is 18.5. The third-order valence-corrected chi connectivity index (χ3v) is 10.7. The van der Waals surface area contributed by atoms with Crippen LogP contribution in [0.5, 0.6) is 0 Å². The van der Waals surface area contributed by atoms with Crippen LogP contribution in [0, 0.1) is 0 Å². The summed E-state index contributed by atoms with van der Waals surface area (Å²) >= 11 is 0. The van der Waals surface area contributed by atoms with Crippen molar-refractivity contribution < 1.29 is 42.9 Å². The van der Waals surface area contributed by atoms with Crippen molar-refractivity contribution in [1.82, 2.24) is 0 Å². The highest BCUT2D eigenvalue weighted by Crippen LogP contribution is 2.12. The van der Waals surface area contributed by atoms with Crippen LogP contribution in [0.2, 0.25) is 0 Å². The number of esters is 2. The molecule has 0 aromatic carbocycles. The molecule has 70 heavy (non-hydrogen) atoms. The van der Waals surface area contributed by atoms with Gasteiger partial charge in [0.1, 0.15) is 13.2 Å². The van der Waals surface area contributed by atoms with E-state index in [9.17, 15) is 19.5 Å². The van der Waals surface area contributed by atoms with Crippen LogP contribution in [-0.2, 0) is 33.3 Å². The Balaban J connectivity index is 4.13. The Hall–Kier alpha value is -4.57. The lowest BCUT2D eigenvalue weighted by atomic mass is 10.1. The number of unbranched alkanes of at least 4 members (excludes halogenated alkanes) is 10. The maximum atomic E-state index is 12.8. The van der Waals surface area contributed by atoms with Crippen LogP contribution >= 0.6 is 0 Å². The number of nitrogens with zero attached hydrogens (tertiary/aromatic N) is 1. The fourth-order valence-electron chi connectivity index (χ4n) is 6.54. The lowest BCUT2D eigenvalue weighted by molar-refractivity contribution is -0.870. The topological polar surface area (TPSA) is 108 Å². The van der Waals surface area contributed by atoms with E-state index in [1.807, 2.05) is 21.1 Å². The monoisotopic (exact) mass is 973 g/mol. The minimum Gasteiger partial charge on any atom is -0.477 e. The van der Waals surface area contributed by atoms with Crippen LogP contribution in [0.4, 0.5) is 0 Å². The van der Waals surface area contributed by atoms with Gasteiger partial charge in [-0.1, -0.05) is 199 Å². The number of hydrogen-bond donors (Lipinski definition) is 1. The molecule has 0 fully saturated rings. The van der Waals surface area contributed by atoms with Gasteiger partial charge in [0.15, 0.2) is 6.10 Å². The summed E-state index contributed by atoms with van der Waals surface area (Å²) in [6.45, 7) is 4.63. The number of allylic oxidation sites excluding steroid dienone is 22. The van der Waals surface area contributed by atoms with Gasteiger partial charge in [-0.05, 0) is 96.3 Å². The Morgan fingerprint density at radius 3 is 1.21 bits per heavy atom. The number of ether oxygens (including phenoxy) is 4. The quantitative estimate of drug-likeness (QED) is 0.0211. The van der Waals surface area contributed by atoms with Crippen LogP contribution in [0.15, 0.2) is 134 Å². The molecule has 2 unspecified atom stereocenters. The summed E-state index contributed by atoms with van der Waals surface area (Å²) in [5.74, 6) is -2.06. The van der Waals surface area contributed by atoms with E-state index in [4.69, 9.17) is 18.9 Å². The number of quaternary nitrogens is 1. The van der Waals surface area contributed by atoms with Crippen LogP contribution < -0.4 is 0 Å². The predicted molar refractivity (Wildman–Crippen MR) is 294 cm³/mol. The largest absolute Gasteiger partial charge is 0.477 e. The molecule has 0 amide bonds. The summed E-state index contributed by atoms with van der Waals surface area (Å²) in [7, 11) is 5.93. The normalized spacial score (nSPS) is 13.9. The molecule has 394 valence electrons. The Morgan fingerprint density at radius 1 is 0.443 bits per heavy atom. The van der Waals surface area contributed by atoms with Crippen molar-refractivity contribution in [3.8, 4) is 0 Å². The molecule has 0 bridgehead atoms. The first-order valence-electron chi connectivity index (χ1n) is 26.8.